The summed E-state index contributed by atoms with van der Waals surface area (Å²) in [7, 11) is 0. The van der Waals surface area contributed by atoms with Gasteiger partial charge in [0.2, 0.25) is 17.7 Å². The largest absolute Gasteiger partial charge is 0.368 e. The van der Waals surface area contributed by atoms with Crippen molar-refractivity contribution >= 4 is 17.7 Å². The molecule has 3 amide bonds. The minimum atomic E-state index is -0.512. The topological polar surface area (TPSA) is 83.7 Å². The van der Waals surface area contributed by atoms with Gasteiger partial charge in [-0.1, -0.05) is 24.3 Å². The molecule has 128 valence electrons. The van der Waals surface area contributed by atoms with E-state index in [-0.39, 0.29) is 24.3 Å². The van der Waals surface area contributed by atoms with E-state index in [1.54, 1.807) is 9.80 Å². The highest BCUT2D eigenvalue weighted by Crippen LogP contribution is 2.33. The van der Waals surface area contributed by atoms with Gasteiger partial charge in [-0.25, -0.2) is 0 Å². The minimum absolute atomic E-state index is 0.0322. The maximum Gasteiger partial charge on any atom is 0.240 e. The molecule has 1 fully saturated rings. The summed E-state index contributed by atoms with van der Waals surface area (Å²) in [6.07, 6.45) is 2.41. The Bertz CT molecular complexity index is 673. The molecule has 0 radical (unpaired) electrons. The van der Waals surface area contributed by atoms with Gasteiger partial charge in [0.25, 0.3) is 0 Å². The molecule has 0 saturated carbocycles. The molecule has 2 atom stereocenters. The third-order valence-electron chi connectivity index (χ3n) is 5.09. The summed E-state index contributed by atoms with van der Waals surface area (Å²) in [4.78, 5) is 39.7. The van der Waals surface area contributed by atoms with Crippen LogP contribution >= 0.6 is 0 Å². The molecule has 0 bridgehead atoms. The van der Waals surface area contributed by atoms with Crippen molar-refractivity contribution in [1.29, 1.82) is 0 Å². The lowest BCUT2D eigenvalue weighted by Gasteiger charge is -2.37. The SMILES string of the molecule is CC(=O)N1CCc2ccccc2[C@@H]1CC(=O)N1CCC[C@H]1C(N)=O. The zero-order chi connectivity index (χ0) is 17.3. The number of rotatable bonds is 3. The highest BCUT2D eigenvalue weighted by molar-refractivity contribution is 5.88. The summed E-state index contributed by atoms with van der Waals surface area (Å²) in [5.74, 6) is -0.590. The number of primary amides is 1. The quantitative estimate of drug-likeness (QED) is 0.898. The summed E-state index contributed by atoms with van der Waals surface area (Å²) in [5.41, 5.74) is 7.62. The molecule has 0 unspecified atom stereocenters. The molecule has 2 heterocycles. The summed E-state index contributed by atoms with van der Waals surface area (Å²) >= 11 is 0. The number of hydrogen-bond donors (Lipinski definition) is 1. The second kappa shape index (κ2) is 6.63. The fourth-order valence-corrected chi connectivity index (χ4v) is 3.89. The number of fused-ring (bicyclic) bond motifs is 1. The van der Waals surface area contributed by atoms with E-state index in [4.69, 9.17) is 5.73 Å². The Morgan fingerprint density at radius 3 is 2.62 bits per heavy atom. The van der Waals surface area contributed by atoms with Crippen molar-refractivity contribution in [2.45, 2.75) is 44.7 Å². The first kappa shape index (κ1) is 16.5. The lowest BCUT2D eigenvalue weighted by atomic mass is 9.90. The average molecular weight is 329 g/mol. The van der Waals surface area contributed by atoms with Crippen LogP contribution < -0.4 is 5.73 Å². The molecule has 3 rings (SSSR count). The number of hydrogen-bond acceptors (Lipinski definition) is 3. The second-order valence-electron chi connectivity index (χ2n) is 6.53. The molecule has 1 saturated heterocycles. The Morgan fingerprint density at radius 2 is 1.92 bits per heavy atom. The van der Waals surface area contributed by atoms with E-state index in [0.717, 1.165) is 18.4 Å². The van der Waals surface area contributed by atoms with Crippen LogP contribution in [0.25, 0.3) is 0 Å². The summed E-state index contributed by atoms with van der Waals surface area (Å²) in [5, 5.41) is 0. The molecule has 1 aromatic rings. The van der Waals surface area contributed by atoms with Gasteiger partial charge in [-0.05, 0) is 30.4 Å². The highest BCUT2D eigenvalue weighted by atomic mass is 16.2. The van der Waals surface area contributed by atoms with Crippen LogP contribution in [-0.4, -0.2) is 46.7 Å². The van der Waals surface area contributed by atoms with Gasteiger partial charge in [-0.2, -0.15) is 0 Å². The van der Waals surface area contributed by atoms with Gasteiger partial charge >= 0.3 is 0 Å². The van der Waals surface area contributed by atoms with Gasteiger partial charge in [0.05, 0.1) is 12.5 Å². The number of amides is 3. The molecule has 2 N–H and O–H groups in total. The minimum Gasteiger partial charge on any atom is -0.368 e. The molecule has 6 nitrogen and oxygen atoms in total. The highest BCUT2D eigenvalue weighted by Gasteiger charge is 2.36. The van der Waals surface area contributed by atoms with Crippen LogP contribution in [0.3, 0.4) is 0 Å². The van der Waals surface area contributed by atoms with E-state index in [0.29, 0.717) is 19.5 Å². The normalized spacial score (nSPS) is 23.0. The third kappa shape index (κ3) is 3.00. The van der Waals surface area contributed by atoms with Crippen LogP contribution in [0.5, 0.6) is 0 Å². The van der Waals surface area contributed by atoms with Gasteiger partial charge in [-0.15, -0.1) is 0 Å². The number of carbonyl (C=O) groups is 3. The van der Waals surface area contributed by atoms with Crippen molar-refractivity contribution in [2.24, 2.45) is 5.73 Å². The molecule has 2 aliphatic rings. The molecule has 0 aliphatic carbocycles. The molecular weight excluding hydrogens is 306 g/mol. The number of nitrogens with two attached hydrogens (primary N) is 1. The van der Waals surface area contributed by atoms with Crippen molar-refractivity contribution in [2.75, 3.05) is 13.1 Å². The van der Waals surface area contributed by atoms with Crippen molar-refractivity contribution in [3.63, 3.8) is 0 Å². The number of likely N-dealkylation sites (tertiary alicyclic amines) is 1. The zero-order valence-electron chi connectivity index (χ0n) is 13.9. The van der Waals surface area contributed by atoms with E-state index in [1.165, 1.54) is 12.5 Å². The van der Waals surface area contributed by atoms with E-state index >= 15 is 0 Å². The lowest BCUT2D eigenvalue weighted by molar-refractivity contribution is -0.140. The molecule has 2 aliphatic heterocycles. The molecule has 1 aromatic carbocycles. The van der Waals surface area contributed by atoms with Gasteiger partial charge in [-0.3, -0.25) is 14.4 Å². The number of carbonyl (C=O) groups excluding carboxylic acids is 3. The van der Waals surface area contributed by atoms with Gasteiger partial charge in [0.15, 0.2) is 0 Å². The van der Waals surface area contributed by atoms with Crippen molar-refractivity contribution in [3.8, 4) is 0 Å². The van der Waals surface area contributed by atoms with Crippen LogP contribution in [-0.2, 0) is 20.8 Å². The first-order valence-electron chi connectivity index (χ1n) is 8.43. The maximum atomic E-state index is 12.8. The molecule has 24 heavy (non-hydrogen) atoms. The van der Waals surface area contributed by atoms with Crippen LogP contribution in [0.15, 0.2) is 24.3 Å². The van der Waals surface area contributed by atoms with E-state index < -0.39 is 11.9 Å². The van der Waals surface area contributed by atoms with Crippen LogP contribution in [0.4, 0.5) is 0 Å². The summed E-state index contributed by atoms with van der Waals surface area (Å²) < 4.78 is 0. The fraction of sp³-hybridized carbons (Fsp3) is 0.500. The second-order valence-corrected chi connectivity index (χ2v) is 6.53. The van der Waals surface area contributed by atoms with Crippen molar-refractivity contribution in [1.82, 2.24) is 9.80 Å². The molecule has 0 spiro atoms. The average Bonchev–Trinajstić information content (AvgIpc) is 3.04. The van der Waals surface area contributed by atoms with Crippen molar-refractivity contribution in [3.05, 3.63) is 35.4 Å². The first-order chi connectivity index (χ1) is 11.5. The maximum absolute atomic E-state index is 12.8. The Kier molecular flexibility index (Phi) is 4.55. The summed E-state index contributed by atoms with van der Waals surface area (Å²) in [6, 6.07) is 7.16. The monoisotopic (exact) mass is 329 g/mol. The van der Waals surface area contributed by atoms with E-state index in [1.807, 2.05) is 24.3 Å². The first-order valence-corrected chi connectivity index (χ1v) is 8.43. The van der Waals surface area contributed by atoms with Gasteiger partial charge in [0, 0.05) is 20.0 Å². The Balaban J connectivity index is 1.84. The standard InChI is InChI=1S/C18H23N3O3/c1-12(22)20-10-8-13-5-2-3-6-14(13)16(20)11-17(23)21-9-4-7-15(21)18(19)24/h2-3,5-6,15-16H,4,7-11H2,1H3,(H2,19,24)/t15-,16-/m0/s1. The molecular formula is C18H23N3O3. The predicted molar refractivity (Wildman–Crippen MR) is 88.8 cm³/mol. The predicted octanol–water partition coefficient (Wildman–Crippen LogP) is 0.999. The van der Waals surface area contributed by atoms with E-state index in [2.05, 4.69) is 0 Å². The Hall–Kier alpha value is -2.37. The van der Waals surface area contributed by atoms with Gasteiger partial charge in [0.1, 0.15) is 6.04 Å². The van der Waals surface area contributed by atoms with Crippen LogP contribution in [0, 0.1) is 0 Å². The lowest BCUT2D eigenvalue weighted by Crippen LogP contribution is -2.46. The van der Waals surface area contributed by atoms with Crippen LogP contribution in [0.2, 0.25) is 0 Å². The molecule has 6 heteroatoms. The van der Waals surface area contributed by atoms with Gasteiger partial charge < -0.3 is 15.5 Å². The van der Waals surface area contributed by atoms with E-state index in [9.17, 15) is 14.4 Å². The Labute approximate surface area is 141 Å². The third-order valence-corrected chi connectivity index (χ3v) is 5.09. The number of benzene rings is 1. The van der Waals surface area contributed by atoms with Crippen molar-refractivity contribution < 1.29 is 14.4 Å². The summed E-state index contributed by atoms with van der Waals surface area (Å²) in [6.45, 7) is 2.71. The fourth-order valence-electron chi connectivity index (χ4n) is 3.89. The smallest absolute Gasteiger partial charge is 0.240 e. The van der Waals surface area contributed by atoms with Crippen LogP contribution in [0.1, 0.15) is 43.4 Å². The Morgan fingerprint density at radius 1 is 1.17 bits per heavy atom. The number of nitrogens with zero attached hydrogens (tertiary/aromatic N) is 2. The molecule has 0 aromatic heterocycles. The zero-order valence-corrected chi connectivity index (χ0v) is 13.9.